The summed E-state index contributed by atoms with van der Waals surface area (Å²) in [6.07, 6.45) is 4.10. The molecule has 5 heteroatoms. The van der Waals surface area contributed by atoms with Crippen LogP contribution in [0.2, 0.25) is 0 Å². The maximum atomic E-state index is 12.1. The number of carboxylic acids is 1. The van der Waals surface area contributed by atoms with Crippen LogP contribution in [0.1, 0.15) is 52.4 Å². The molecule has 1 aliphatic heterocycles. The fourth-order valence-electron chi connectivity index (χ4n) is 3.08. The number of carbonyl (C=O) groups is 2. The Labute approximate surface area is 120 Å². The van der Waals surface area contributed by atoms with Crippen molar-refractivity contribution in [3.63, 3.8) is 0 Å². The molecule has 0 bridgehead atoms. The van der Waals surface area contributed by atoms with Gasteiger partial charge in [0.05, 0.1) is 11.5 Å². The standard InChI is InChI=1S/C15H25NO4/c1-10(2)12-8-11(4-7-20-12)16-13(17)9-15(14(18)19)5-3-6-15/h10-12H,3-9H2,1-2H3,(H,16,17)(H,18,19). The first-order chi connectivity index (χ1) is 9.43. The number of carboxylic acid groups (broad SMARTS) is 1. The van der Waals surface area contributed by atoms with Crippen LogP contribution in [0.5, 0.6) is 0 Å². The zero-order chi connectivity index (χ0) is 14.8. The lowest BCUT2D eigenvalue weighted by Crippen LogP contribution is -2.47. The van der Waals surface area contributed by atoms with Crippen molar-refractivity contribution in [2.45, 2.75) is 64.5 Å². The van der Waals surface area contributed by atoms with Crippen LogP contribution in [-0.4, -0.2) is 35.7 Å². The van der Waals surface area contributed by atoms with E-state index < -0.39 is 11.4 Å². The second-order valence-electron chi connectivity index (χ2n) is 6.56. The Balaban J connectivity index is 1.83. The summed E-state index contributed by atoms with van der Waals surface area (Å²) in [6, 6.07) is 0.120. The number of hydrogen-bond acceptors (Lipinski definition) is 3. The maximum Gasteiger partial charge on any atom is 0.310 e. The molecule has 20 heavy (non-hydrogen) atoms. The van der Waals surface area contributed by atoms with Gasteiger partial charge in [-0.25, -0.2) is 0 Å². The van der Waals surface area contributed by atoms with E-state index in [1.807, 2.05) is 0 Å². The van der Waals surface area contributed by atoms with Crippen LogP contribution in [-0.2, 0) is 14.3 Å². The second kappa shape index (κ2) is 6.12. The van der Waals surface area contributed by atoms with Gasteiger partial charge in [-0.3, -0.25) is 9.59 Å². The summed E-state index contributed by atoms with van der Waals surface area (Å²) in [5.74, 6) is -0.515. The molecule has 1 heterocycles. The van der Waals surface area contributed by atoms with Gasteiger partial charge in [-0.15, -0.1) is 0 Å². The molecule has 2 aliphatic rings. The second-order valence-corrected chi connectivity index (χ2v) is 6.56. The van der Waals surface area contributed by atoms with E-state index >= 15 is 0 Å². The highest BCUT2D eigenvalue weighted by Gasteiger charge is 2.46. The zero-order valence-corrected chi connectivity index (χ0v) is 12.4. The number of aliphatic carboxylic acids is 1. The summed E-state index contributed by atoms with van der Waals surface area (Å²) in [7, 11) is 0. The summed E-state index contributed by atoms with van der Waals surface area (Å²) < 4.78 is 5.68. The van der Waals surface area contributed by atoms with Gasteiger partial charge in [0.15, 0.2) is 0 Å². The number of rotatable bonds is 5. The molecule has 0 aromatic rings. The van der Waals surface area contributed by atoms with Gasteiger partial charge in [0.1, 0.15) is 0 Å². The molecule has 0 aromatic heterocycles. The van der Waals surface area contributed by atoms with Crippen LogP contribution in [0.25, 0.3) is 0 Å². The highest BCUT2D eigenvalue weighted by molar-refractivity contribution is 5.85. The predicted molar refractivity (Wildman–Crippen MR) is 74.3 cm³/mol. The van der Waals surface area contributed by atoms with Gasteiger partial charge in [-0.2, -0.15) is 0 Å². The number of nitrogens with one attached hydrogen (secondary N) is 1. The van der Waals surface area contributed by atoms with Crippen molar-refractivity contribution in [3.05, 3.63) is 0 Å². The van der Waals surface area contributed by atoms with E-state index in [1.54, 1.807) is 0 Å². The van der Waals surface area contributed by atoms with Gasteiger partial charge >= 0.3 is 5.97 Å². The topological polar surface area (TPSA) is 75.6 Å². The van der Waals surface area contributed by atoms with Crippen LogP contribution in [0.15, 0.2) is 0 Å². The summed E-state index contributed by atoms with van der Waals surface area (Å²) in [6.45, 7) is 4.89. The number of carbonyl (C=O) groups excluding carboxylic acids is 1. The quantitative estimate of drug-likeness (QED) is 0.808. The molecule has 1 saturated carbocycles. The van der Waals surface area contributed by atoms with Crippen molar-refractivity contribution in [1.29, 1.82) is 0 Å². The van der Waals surface area contributed by atoms with E-state index in [0.717, 1.165) is 19.3 Å². The molecule has 1 saturated heterocycles. The molecular formula is C15H25NO4. The minimum Gasteiger partial charge on any atom is -0.481 e. The molecule has 2 N–H and O–H groups in total. The Morgan fingerprint density at radius 2 is 2.10 bits per heavy atom. The molecule has 1 aliphatic carbocycles. The number of ether oxygens (including phenoxy) is 1. The fourth-order valence-corrected chi connectivity index (χ4v) is 3.08. The SMILES string of the molecule is CC(C)C1CC(NC(=O)CC2(C(=O)O)CCC2)CCO1. The van der Waals surface area contributed by atoms with Gasteiger partial charge in [0.2, 0.25) is 5.91 Å². The summed E-state index contributed by atoms with van der Waals surface area (Å²) in [4.78, 5) is 23.4. The Bertz CT molecular complexity index is 376. The first-order valence-electron chi connectivity index (χ1n) is 7.57. The molecule has 0 radical (unpaired) electrons. The average molecular weight is 283 g/mol. The Morgan fingerprint density at radius 1 is 1.40 bits per heavy atom. The van der Waals surface area contributed by atoms with Crippen molar-refractivity contribution in [2.24, 2.45) is 11.3 Å². The minimum atomic E-state index is -0.828. The average Bonchev–Trinajstić information content (AvgIpc) is 2.33. The van der Waals surface area contributed by atoms with E-state index in [-0.39, 0.29) is 24.5 Å². The largest absolute Gasteiger partial charge is 0.481 e. The smallest absolute Gasteiger partial charge is 0.310 e. The molecule has 2 unspecified atom stereocenters. The molecular weight excluding hydrogens is 258 g/mol. The zero-order valence-electron chi connectivity index (χ0n) is 12.4. The van der Waals surface area contributed by atoms with Crippen LogP contribution in [0.4, 0.5) is 0 Å². The third-order valence-electron chi connectivity index (χ3n) is 4.69. The van der Waals surface area contributed by atoms with Gasteiger partial charge < -0.3 is 15.2 Å². The van der Waals surface area contributed by atoms with Gasteiger partial charge in [0, 0.05) is 19.1 Å². The Hall–Kier alpha value is -1.10. The number of hydrogen-bond donors (Lipinski definition) is 2. The molecule has 2 atom stereocenters. The van der Waals surface area contributed by atoms with Crippen LogP contribution in [0.3, 0.4) is 0 Å². The van der Waals surface area contributed by atoms with Crippen molar-refractivity contribution in [1.82, 2.24) is 5.32 Å². The van der Waals surface area contributed by atoms with Crippen molar-refractivity contribution in [2.75, 3.05) is 6.61 Å². The van der Waals surface area contributed by atoms with Crippen LogP contribution >= 0.6 is 0 Å². The highest BCUT2D eigenvalue weighted by Crippen LogP contribution is 2.44. The third kappa shape index (κ3) is 3.32. The normalized spacial score (nSPS) is 28.8. The summed E-state index contributed by atoms with van der Waals surface area (Å²) >= 11 is 0. The van der Waals surface area contributed by atoms with E-state index in [2.05, 4.69) is 19.2 Å². The van der Waals surface area contributed by atoms with Gasteiger partial charge in [-0.1, -0.05) is 20.3 Å². The molecule has 1 amide bonds. The minimum absolute atomic E-state index is 0.117. The first-order valence-corrected chi connectivity index (χ1v) is 7.57. The summed E-state index contributed by atoms with van der Waals surface area (Å²) in [5.41, 5.74) is -0.799. The van der Waals surface area contributed by atoms with E-state index in [1.165, 1.54) is 0 Å². The molecule has 0 aromatic carbocycles. The van der Waals surface area contributed by atoms with Crippen molar-refractivity contribution >= 4 is 11.9 Å². The lowest BCUT2D eigenvalue weighted by molar-refractivity contribution is -0.157. The van der Waals surface area contributed by atoms with E-state index in [9.17, 15) is 14.7 Å². The number of amides is 1. The Morgan fingerprint density at radius 3 is 2.60 bits per heavy atom. The third-order valence-corrected chi connectivity index (χ3v) is 4.69. The molecule has 114 valence electrons. The lowest BCUT2D eigenvalue weighted by Gasteiger charge is -2.38. The molecule has 2 rings (SSSR count). The van der Waals surface area contributed by atoms with E-state index in [0.29, 0.717) is 25.4 Å². The van der Waals surface area contributed by atoms with Crippen LogP contribution < -0.4 is 5.32 Å². The van der Waals surface area contributed by atoms with Crippen molar-refractivity contribution in [3.8, 4) is 0 Å². The predicted octanol–water partition coefficient (Wildman–Crippen LogP) is 1.95. The van der Waals surface area contributed by atoms with Gasteiger partial charge in [0.25, 0.3) is 0 Å². The maximum absolute atomic E-state index is 12.1. The molecule has 2 fully saturated rings. The van der Waals surface area contributed by atoms with E-state index in [4.69, 9.17) is 4.74 Å². The van der Waals surface area contributed by atoms with Crippen molar-refractivity contribution < 1.29 is 19.4 Å². The lowest BCUT2D eigenvalue weighted by atomic mass is 9.66. The molecule has 5 nitrogen and oxygen atoms in total. The van der Waals surface area contributed by atoms with Gasteiger partial charge in [-0.05, 0) is 31.6 Å². The highest BCUT2D eigenvalue weighted by atomic mass is 16.5. The Kier molecular flexibility index (Phi) is 4.68. The molecule has 0 spiro atoms. The first kappa shape index (κ1) is 15.3. The van der Waals surface area contributed by atoms with Crippen LogP contribution in [0, 0.1) is 11.3 Å². The monoisotopic (exact) mass is 283 g/mol. The summed E-state index contributed by atoms with van der Waals surface area (Å²) in [5, 5.41) is 12.3. The fraction of sp³-hybridized carbons (Fsp3) is 0.867.